The molecule has 0 unspecified atom stereocenters. The van der Waals surface area contributed by atoms with E-state index in [1.165, 1.54) is 0 Å². The van der Waals surface area contributed by atoms with Crippen molar-refractivity contribution in [3.8, 4) is 5.75 Å². The van der Waals surface area contributed by atoms with E-state index in [4.69, 9.17) is 4.74 Å². The number of anilines is 1. The summed E-state index contributed by atoms with van der Waals surface area (Å²) in [6, 6.07) is 9.13. The minimum Gasteiger partial charge on any atom is -0.496 e. The van der Waals surface area contributed by atoms with Gasteiger partial charge in [0.15, 0.2) is 5.65 Å². The third-order valence-electron chi connectivity index (χ3n) is 3.75. The van der Waals surface area contributed by atoms with E-state index in [0.717, 1.165) is 28.0 Å². The zero-order valence-electron chi connectivity index (χ0n) is 13.8. The molecule has 2 N–H and O–H groups in total. The van der Waals surface area contributed by atoms with Crippen LogP contribution in [0.3, 0.4) is 0 Å². The SMILES string of the molecule is COc1ccccc1CNC(=O)Nc1cnc2c(c1)c(C)nn2C. The van der Waals surface area contributed by atoms with Gasteiger partial charge in [-0.05, 0) is 19.1 Å². The second-order valence-corrected chi connectivity index (χ2v) is 5.42. The number of fused-ring (bicyclic) bond motifs is 1. The second-order valence-electron chi connectivity index (χ2n) is 5.42. The van der Waals surface area contributed by atoms with Crippen molar-refractivity contribution in [2.45, 2.75) is 13.5 Å². The number of urea groups is 1. The molecule has 0 fully saturated rings. The summed E-state index contributed by atoms with van der Waals surface area (Å²) in [7, 11) is 3.45. The minimum atomic E-state index is -0.302. The van der Waals surface area contributed by atoms with Crippen LogP contribution in [0.5, 0.6) is 5.75 Å². The van der Waals surface area contributed by atoms with E-state index in [1.807, 2.05) is 44.3 Å². The first-order chi connectivity index (χ1) is 11.6. The molecule has 2 heterocycles. The zero-order valence-corrected chi connectivity index (χ0v) is 13.8. The predicted octanol–water partition coefficient (Wildman–Crippen LogP) is 2.61. The number of para-hydroxylation sites is 1. The van der Waals surface area contributed by atoms with Crippen molar-refractivity contribution in [2.75, 3.05) is 12.4 Å². The number of rotatable bonds is 4. The van der Waals surface area contributed by atoms with Gasteiger partial charge in [0.2, 0.25) is 0 Å². The lowest BCUT2D eigenvalue weighted by atomic mass is 10.2. The van der Waals surface area contributed by atoms with Gasteiger partial charge in [-0.15, -0.1) is 0 Å². The Labute approximate surface area is 139 Å². The van der Waals surface area contributed by atoms with Crippen LogP contribution in [-0.4, -0.2) is 27.9 Å². The maximum absolute atomic E-state index is 12.1. The number of hydrogen-bond acceptors (Lipinski definition) is 4. The number of methoxy groups -OCH3 is 1. The molecular formula is C17H19N5O2. The van der Waals surface area contributed by atoms with Gasteiger partial charge in [-0.25, -0.2) is 9.78 Å². The van der Waals surface area contributed by atoms with Gasteiger partial charge in [-0.3, -0.25) is 4.68 Å². The van der Waals surface area contributed by atoms with E-state index in [2.05, 4.69) is 20.7 Å². The molecule has 0 aliphatic heterocycles. The van der Waals surface area contributed by atoms with Crippen molar-refractivity contribution in [2.24, 2.45) is 7.05 Å². The molecule has 7 heteroatoms. The fourth-order valence-corrected chi connectivity index (χ4v) is 2.58. The van der Waals surface area contributed by atoms with Crippen molar-refractivity contribution >= 4 is 22.8 Å². The van der Waals surface area contributed by atoms with E-state index in [9.17, 15) is 4.79 Å². The third-order valence-corrected chi connectivity index (χ3v) is 3.75. The highest BCUT2D eigenvalue weighted by atomic mass is 16.5. The van der Waals surface area contributed by atoms with Gasteiger partial charge in [0.05, 0.1) is 24.7 Å². The van der Waals surface area contributed by atoms with Crippen LogP contribution < -0.4 is 15.4 Å². The first-order valence-electron chi connectivity index (χ1n) is 7.54. The maximum Gasteiger partial charge on any atom is 0.319 e. The van der Waals surface area contributed by atoms with Crippen LogP contribution in [0.2, 0.25) is 0 Å². The Bertz CT molecular complexity index is 888. The average molecular weight is 325 g/mol. The Kier molecular flexibility index (Phi) is 4.33. The summed E-state index contributed by atoms with van der Waals surface area (Å²) in [4.78, 5) is 16.4. The molecule has 0 atom stereocenters. The topological polar surface area (TPSA) is 81.1 Å². The molecule has 0 radical (unpaired) electrons. The minimum absolute atomic E-state index is 0.302. The fraction of sp³-hybridized carbons (Fsp3) is 0.235. The van der Waals surface area contributed by atoms with Crippen molar-refractivity contribution in [1.29, 1.82) is 0 Å². The van der Waals surface area contributed by atoms with Gasteiger partial charge in [0.25, 0.3) is 0 Å². The lowest BCUT2D eigenvalue weighted by Crippen LogP contribution is -2.28. The van der Waals surface area contributed by atoms with Gasteiger partial charge in [-0.1, -0.05) is 18.2 Å². The standard InChI is InChI=1S/C17H19N5O2/c1-11-14-8-13(10-18-16(14)22(2)21-11)20-17(23)19-9-12-6-4-5-7-15(12)24-3/h4-8,10H,9H2,1-3H3,(H2,19,20,23). The number of aromatic nitrogens is 3. The number of hydrogen-bond donors (Lipinski definition) is 2. The molecule has 0 bridgehead atoms. The van der Waals surface area contributed by atoms with Crippen LogP contribution in [-0.2, 0) is 13.6 Å². The van der Waals surface area contributed by atoms with E-state index in [0.29, 0.717) is 12.2 Å². The molecule has 0 saturated carbocycles. The largest absolute Gasteiger partial charge is 0.496 e. The summed E-state index contributed by atoms with van der Waals surface area (Å²) >= 11 is 0. The van der Waals surface area contributed by atoms with Crippen LogP contribution in [0.1, 0.15) is 11.3 Å². The van der Waals surface area contributed by atoms with Gasteiger partial charge in [0, 0.05) is 24.5 Å². The van der Waals surface area contributed by atoms with Crippen LogP contribution in [0.4, 0.5) is 10.5 Å². The normalized spacial score (nSPS) is 10.6. The van der Waals surface area contributed by atoms with Gasteiger partial charge in [0.1, 0.15) is 5.75 Å². The highest BCUT2D eigenvalue weighted by Gasteiger charge is 2.09. The number of aryl methyl sites for hydroxylation is 2. The molecule has 0 aliphatic carbocycles. The van der Waals surface area contributed by atoms with Crippen LogP contribution in [0, 0.1) is 6.92 Å². The summed E-state index contributed by atoms with van der Waals surface area (Å²) in [5, 5.41) is 10.8. The first kappa shape index (κ1) is 15.8. The zero-order chi connectivity index (χ0) is 17.1. The molecular weight excluding hydrogens is 306 g/mol. The van der Waals surface area contributed by atoms with Gasteiger partial charge < -0.3 is 15.4 Å². The lowest BCUT2D eigenvalue weighted by molar-refractivity contribution is 0.251. The molecule has 3 rings (SSSR count). The highest BCUT2D eigenvalue weighted by Crippen LogP contribution is 2.19. The summed E-state index contributed by atoms with van der Waals surface area (Å²) in [5.74, 6) is 0.742. The average Bonchev–Trinajstić information content (AvgIpc) is 2.87. The molecule has 2 aromatic heterocycles. The number of pyridine rings is 1. The second kappa shape index (κ2) is 6.57. The molecule has 3 aromatic rings. The van der Waals surface area contributed by atoms with Crippen LogP contribution in [0.25, 0.3) is 11.0 Å². The Morgan fingerprint density at radius 2 is 2.12 bits per heavy atom. The smallest absolute Gasteiger partial charge is 0.319 e. The van der Waals surface area contributed by atoms with E-state index >= 15 is 0 Å². The van der Waals surface area contributed by atoms with Crippen molar-refractivity contribution in [1.82, 2.24) is 20.1 Å². The highest BCUT2D eigenvalue weighted by molar-refractivity contribution is 5.92. The predicted molar refractivity (Wildman–Crippen MR) is 92.1 cm³/mol. The molecule has 7 nitrogen and oxygen atoms in total. The summed E-state index contributed by atoms with van der Waals surface area (Å²) in [6.07, 6.45) is 1.62. The number of nitrogens with zero attached hydrogens (tertiary/aromatic N) is 3. The van der Waals surface area contributed by atoms with E-state index in [1.54, 1.807) is 18.0 Å². The van der Waals surface area contributed by atoms with E-state index < -0.39 is 0 Å². The lowest BCUT2D eigenvalue weighted by Gasteiger charge is -2.10. The molecule has 124 valence electrons. The molecule has 0 saturated heterocycles. The summed E-state index contributed by atoms with van der Waals surface area (Å²) < 4.78 is 6.99. The Hall–Kier alpha value is -3.09. The van der Waals surface area contributed by atoms with E-state index in [-0.39, 0.29) is 6.03 Å². The number of amides is 2. The number of carbonyl (C=O) groups excluding carboxylic acids is 1. The third kappa shape index (κ3) is 3.15. The van der Waals surface area contributed by atoms with Crippen molar-refractivity contribution in [3.05, 3.63) is 47.8 Å². The molecule has 24 heavy (non-hydrogen) atoms. The van der Waals surface area contributed by atoms with Crippen molar-refractivity contribution < 1.29 is 9.53 Å². The van der Waals surface area contributed by atoms with Crippen molar-refractivity contribution in [3.63, 3.8) is 0 Å². The Balaban J connectivity index is 1.67. The number of ether oxygens (including phenoxy) is 1. The summed E-state index contributed by atoms with van der Waals surface area (Å²) in [6.45, 7) is 2.28. The number of benzene rings is 1. The summed E-state index contributed by atoms with van der Waals surface area (Å²) in [5.41, 5.74) is 3.19. The maximum atomic E-state index is 12.1. The fourth-order valence-electron chi connectivity index (χ4n) is 2.58. The Morgan fingerprint density at radius 3 is 2.92 bits per heavy atom. The quantitative estimate of drug-likeness (QED) is 0.772. The van der Waals surface area contributed by atoms with Crippen LogP contribution >= 0.6 is 0 Å². The Morgan fingerprint density at radius 1 is 1.33 bits per heavy atom. The molecule has 1 aromatic carbocycles. The monoisotopic (exact) mass is 325 g/mol. The first-order valence-corrected chi connectivity index (χ1v) is 7.54. The van der Waals surface area contributed by atoms with Crippen LogP contribution in [0.15, 0.2) is 36.5 Å². The molecule has 0 spiro atoms. The molecule has 0 aliphatic rings. The van der Waals surface area contributed by atoms with Gasteiger partial charge in [-0.2, -0.15) is 5.10 Å². The van der Waals surface area contributed by atoms with Gasteiger partial charge >= 0.3 is 6.03 Å². The number of carbonyl (C=O) groups is 1. The molecule has 2 amide bonds. The number of nitrogens with one attached hydrogen (secondary N) is 2.